The van der Waals surface area contributed by atoms with E-state index in [2.05, 4.69) is 0 Å². The number of methoxy groups -OCH3 is 1. The van der Waals surface area contributed by atoms with Crippen molar-refractivity contribution >= 4 is 11.4 Å². The van der Waals surface area contributed by atoms with Crippen molar-refractivity contribution < 1.29 is 14.1 Å². The molecule has 0 radical (unpaired) electrons. The van der Waals surface area contributed by atoms with E-state index in [-0.39, 0.29) is 17.0 Å². The van der Waals surface area contributed by atoms with E-state index in [1.54, 1.807) is 0 Å². The van der Waals surface area contributed by atoms with Gasteiger partial charge in [-0.05, 0) is 12.5 Å². The van der Waals surface area contributed by atoms with Gasteiger partial charge in [-0.3, -0.25) is 10.1 Å². The Morgan fingerprint density at radius 3 is 2.71 bits per heavy atom. The Morgan fingerprint density at radius 1 is 1.65 bits per heavy atom. The molecule has 1 N–H and O–H groups in total. The SMILES string of the molecule is CCC(OC)C(=N)c1ccc([N+](=O)[O-])cc1F. The summed E-state index contributed by atoms with van der Waals surface area (Å²) in [7, 11) is 1.44. The van der Waals surface area contributed by atoms with Crippen LogP contribution < -0.4 is 0 Å². The molecule has 5 nitrogen and oxygen atoms in total. The fourth-order valence-electron chi connectivity index (χ4n) is 1.50. The van der Waals surface area contributed by atoms with Gasteiger partial charge in [0, 0.05) is 18.7 Å². The number of non-ortho nitro benzene ring substituents is 1. The van der Waals surface area contributed by atoms with Gasteiger partial charge in [0.2, 0.25) is 0 Å². The van der Waals surface area contributed by atoms with E-state index in [9.17, 15) is 14.5 Å². The van der Waals surface area contributed by atoms with Crippen molar-refractivity contribution in [1.82, 2.24) is 0 Å². The van der Waals surface area contributed by atoms with E-state index in [1.165, 1.54) is 19.2 Å². The molecule has 0 fully saturated rings. The van der Waals surface area contributed by atoms with E-state index in [0.29, 0.717) is 6.42 Å². The molecule has 0 bridgehead atoms. The fourth-order valence-corrected chi connectivity index (χ4v) is 1.50. The molecule has 1 unspecified atom stereocenters. The van der Waals surface area contributed by atoms with Crippen LogP contribution in [0, 0.1) is 21.3 Å². The summed E-state index contributed by atoms with van der Waals surface area (Å²) in [4.78, 5) is 9.76. The predicted molar refractivity (Wildman–Crippen MR) is 61.0 cm³/mol. The van der Waals surface area contributed by atoms with E-state index in [0.717, 1.165) is 6.07 Å². The van der Waals surface area contributed by atoms with Gasteiger partial charge in [0.05, 0.1) is 22.8 Å². The lowest BCUT2D eigenvalue weighted by Gasteiger charge is -2.14. The van der Waals surface area contributed by atoms with E-state index < -0.39 is 16.8 Å². The first-order chi connectivity index (χ1) is 8.01. The number of nitrogens with one attached hydrogen (secondary N) is 1. The van der Waals surface area contributed by atoms with Crippen molar-refractivity contribution in [3.8, 4) is 0 Å². The lowest BCUT2D eigenvalue weighted by Crippen LogP contribution is -2.23. The third-order valence-corrected chi connectivity index (χ3v) is 2.43. The molecule has 1 atom stereocenters. The topological polar surface area (TPSA) is 76.2 Å². The Labute approximate surface area is 97.9 Å². The number of benzene rings is 1. The summed E-state index contributed by atoms with van der Waals surface area (Å²) >= 11 is 0. The van der Waals surface area contributed by atoms with Crippen LogP contribution in [0.3, 0.4) is 0 Å². The highest BCUT2D eigenvalue weighted by Gasteiger charge is 2.19. The first kappa shape index (κ1) is 13.2. The van der Waals surface area contributed by atoms with Crippen LogP contribution in [0.25, 0.3) is 0 Å². The highest BCUT2D eigenvalue weighted by atomic mass is 19.1. The number of rotatable bonds is 5. The normalized spacial score (nSPS) is 12.2. The smallest absolute Gasteiger partial charge is 0.272 e. The van der Waals surface area contributed by atoms with Crippen molar-refractivity contribution in [2.75, 3.05) is 7.11 Å². The molecule has 0 amide bonds. The number of hydrogen-bond acceptors (Lipinski definition) is 4. The van der Waals surface area contributed by atoms with Gasteiger partial charge >= 0.3 is 0 Å². The summed E-state index contributed by atoms with van der Waals surface area (Å²) in [5.74, 6) is -0.778. The quantitative estimate of drug-likeness (QED) is 0.488. The molecule has 6 heteroatoms. The molecule has 0 spiro atoms. The lowest BCUT2D eigenvalue weighted by molar-refractivity contribution is -0.385. The molecular weight excluding hydrogens is 227 g/mol. The van der Waals surface area contributed by atoms with Crippen LogP contribution in [-0.2, 0) is 4.74 Å². The molecular formula is C11H13FN2O3. The standard InChI is InChI=1S/C11H13FN2O3/c1-3-10(17-2)11(13)8-5-4-7(14(15)16)6-9(8)12/h4-6,10,13H,3H2,1-2H3. The Bertz CT molecular complexity index is 444. The molecule has 0 aliphatic carbocycles. The zero-order valence-corrected chi connectivity index (χ0v) is 9.57. The second-order valence-corrected chi connectivity index (χ2v) is 3.47. The second-order valence-electron chi connectivity index (χ2n) is 3.47. The number of ether oxygens (including phenoxy) is 1. The summed E-state index contributed by atoms with van der Waals surface area (Å²) in [6.45, 7) is 1.81. The minimum Gasteiger partial charge on any atom is -0.375 e. The summed E-state index contributed by atoms with van der Waals surface area (Å²) in [5.41, 5.74) is -0.309. The van der Waals surface area contributed by atoms with Crippen molar-refractivity contribution in [2.24, 2.45) is 0 Å². The maximum Gasteiger partial charge on any atom is 0.272 e. The van der Waals surface area contributed by atoms with Gasteiger partial charge in [0.15, 0.2) is 0 Å². The predicted octanol–water partition coefficient (Wildman–Crippen LogP) is 2.53. The first-order valence-corrected chi connectivity index (χ1v) is 5.06. The van der Waals surface area contributed by atoms with Crippen LogP contribution in [0.4, 0.5) is 10.1 Å². The molecule has 1 aromatic rings. The van der Waals surface area contributed by atoms with Crippen LogP contribution in [0.2, 0.25) is 0 Å². The molecule has 0 heterocycles. The van der Waals surface area contributed by atoms with Gasteiger partial charge in [-0.1, -0.05) is 6.92 Å². The summed E-state index contributed by atoms with van der Waals surface area (Å²) in [6.07, 6.45) is 0.0251. The molecule has 0 saturated heterocycles. The molecule has 0 saturated carbocycles. The summed E-state index contributed by atoms with van der Waals surface area (Å²) in [6, 6.07) is 3.22. The number of hydrogen-bond donors (Lipinski definition) is 1. The highest BCUT2D eigenvalue weighted by Crippen LogP contribution is 2.19. The summed E-state index contributed by atoms with van der Waals surface area (Å²) < 4.78 is 18.6. The van der Waals surface area contributed by atoms with Gasteiger partial charge < -0.3 is 10.1 Å². The number of halogens is 1. The van der Waals surface area contributed by atoms with Crippen LogP contribution in [0.5, 0.6) is 0 Å². The van der Waals surface area contributed by atoms with Crippen LogP contribution in [0.1, 0.15) is 18.9 Å². The van der Waals surface area contributed by atoms with Gasteiger partial charge in [-0.2, -0.15) is 0 Å². The van der Waals surface area contributed by atoms with Gasteiger partial charge in [-0.25, -0.2) is 4.39 Å². The zero-order valence-electron chi connectivity index (χ0n) is 9.57. The van der Waals surface area contributed by atoms with Crippen molar-refractivity contribution in [1.29, 1.82) is 5.41 Å². The fraction of sp³-hybridized carbons (Fsp3) is 0.364. The Kier molecular flexibility index (Phi) is 4.28. The molecule has 1 rings (SSSR count). The van der Waals surface area contributed by atoms with Crippen molar-refractivity contribution in [2.45, 2.75) is 19.4 Å². The van der Waals surface area contributed by atoms with Gasteiger partial charge in [0.1, 0.15) is 5.82 Å². The van der Waals surface area contributed by atoms with Crippen LogP contribution >= 0.6 is 0 Å². The maximum atomic E-state index is 13.6. The average Bonchev–Trinajstić information content (AvgIpc) is 2.30. The van der Waals surface area contributed by atoms with Crippen molar-refractivity contribution in [3.63, 3.8) is 0 Å². The monoisotopic (exact) mass is 240 g/mol. The number of nitrogens with zero attached hydrogens (tertiary/aromatic N) is 1. The van der Waals surface area contributed by atoms with Crippen LogP contribution in [0.15, 0.2) is 18.2 Å². The Morgan fingerprint density at radius 2 is 2.29 bits per heavy atom. The molecule has 0 aliphatic heterocycles. The van der Waals surface area contributed by atoms with Gasteiger partial charge in [-0.15, -0.1) is 0 Å². The lowest BCUT2D eigenvalue weighted by atomic mass is 10.0. The number of nitro benzene ring substituents is 1. The molecule has 0 aliphatic rings. The largest absolute Gasteiger partial charge is 0.375 e. The second kappa shape index (κ2) is 5.49. The van der Waals surface area contributed by atoms with Crippen LogP contribution in [-0.4, -0.2) is 23.8 Å². The first-order valence-electron chi connectivity index (χ1n) is 5.06. The minimum absolute atomic E-state index is 0.0117. The maximum absolute atomic E-state index is 13.6. The Hall–Kier alpha value is -1.82. The van der Waals surface area contributed by atoms with E-state index in [4.69, 9.17) is 10.1 Å². The molecule has 17 heavy (non-hydrogen) atoms. The minimum atomic E-state index is -0.778. The third-order valence-electron chi connectivity index (χ3n) is 2.43. The number of nitro groups is 1. The van der Waals surface area contributed by atoms with Crippen molar-refractivity contribution in [3.05, 3.63) is 39.7 Å². The zero-order chi connectivity index (χ0) is 13.0. The van der Waals surface area contributed by atoms with Gasteiger partial charge in [0.25, 0.3) is 5.69 Å². The molecule has 1 aromatic carbocycles. The molecule has 92 valence electrons. The highest BCUT2D eigenvalue weighted by molar-refractivity contribution is 6.01. The third kappa shape index (κ3) is 2.85. The summed E-state index contributed by atoms with van der Waals surface area (Å²) in [5, 5.41) is 18.2. The van der Waals surface area contributed by atoms with E-state index >= 15 is 0 Å². The molecule has 0 aromatic heterocycles. The van der Waals surface area contributed by atoms with E-state index in [1.807, 2.05) is 6.92 Å². The average molecular weight is 240 g/mol. The Balaban J connectivity index is 3.07.